The van der Waals surface area contributed by atoms with Gasteiger partial charge in [0.15, 0.2) is 6.10 Å². The molecule has 1 fully saturated rings. The minimum Gasteiger partial charge on any atom is -0.458 e. The summed E-state index contributed by atoms with van der Waals surface area (Å²) in [5.74, 6) is -1.57. The molecule has 6 nitrogen and oxygen atoms in total. The van der Waals surface area contributed by atoms with Gasteiger partial charge in [-0.15, -0.1) is 0 Å². The van der Waals surface area contributed by atoms with Crippen molar-refractivity contribution < 1.29 is 29.3 Å². The van der Waals surface area contributed by atoms with Crippen LogP contribution in [-0.2, 0) is 19.1 Å². The lowest BCUT2D eigenvalue weighted by atomic mass is 10.00. The van der Waals surface area contributed by atoms with Crippen LogP contribution in [0.1, 0.15) is 33.6 Å². The maximum atomic E-state index is 12.2. The summed E-state index contributed by atoms with van der Waals surface area (Å²) in [4.78, 5) is 23.5. The van der Waals surface area contributed by atoms with Crippen LogP contribution in [0.3, 0.4) is 0 Å². The maximum absolute atomic E-state index is 12.2. The smallest absolute Gasteiger partial charge is 0.322 e. The van der Waals surface area contributed by atoms with Crippen LogP contribution in [0.5, 0.6) is 0 Å². The van der Waals surface area contributed by atoms with E-state index in [-0.39, 0.29) is 6.61 Å². The second-order valence-electron chi connectivity index (χ2n) is 5.08. The number of rotatable bonds is 6. The predicted molar refractivity (Wildman–Crippen MR) is 79.3 cm³/mol. The number of hydrogen-bond acceptors (Lipinski definition) is 6. The highest BCUT2D eigenvalue weighted by atomic mass is 127. The fraction of sp³-hybridized carbons (Fsp3) is 0.846. The molecule has 0 amide bonds. The molecule has 5 unspecified atom stereocenters. The van der Waals surface area contributed by atoms with Crippen molar-refractivity contribution >= 4 is 34.5 Å². The van der Waals surface area contributed by atoms with Gasteiger partial charge in [-0.25, -0.2) is 0 Å². The van der Waals surface area contributed by atoms with E-state index in [0.717, 1.165) is 0 Å². The lowest BCUT2D eigenvalue weighted by Crippen LogP contribution is -2.42. The molecule has 0 spiro atoms. The zero-order valence-electron chi connectivity index (χ0n) is 11.8. The molecule has 1 saturated heterocycles. The monoisotopic (exact) mass is 400 g/mol. The summed E-state index contributed by atoms with van der Waals surface area (Å²) in [7, 11) is 0. The fourth-order valence-electron chi connectivity index (χ4n) is 2.05. The molecule has 0 aromatic heterocycles. The van der Waals surface area contributed by atoms with Gasteiger partial charge in [-0.2, -0.15) is 0 Å². The van der Waals surface area contributed by atoms with Crippen molar-refractivity contribution in [3.8, 4) is 0 Å². The summed E-state index contributed by atoms with van der Waals surface area (Å²) >= 11 is 1.97. The van der Waals surface area contributed by atoms with E-state index in [1.54, 1.807) is 13.8 Å². The van der Waals surface area contributed by atoms with Crippen molar-refractivity contribution in [2.24, 2.45) is 5.92 Å². The number of cyclic esters (lactones) is 1. The largest absolute Gasteiger partial charge is 0.458 e. The standard InChI is InChI=1S/C13H21IO6/c1-4-13(14,5-6-15)12(18)19-8(3)10-9(16)7(2)11(17)20-10/h7-10,15-16H,4-6H2,1-3H3. The van der Waals surface area contributed by atoms with Crippen molar-refractivity contribution in [1.82, 2.24) is 0 Å². The number of ether oxygens (including phenoxy) is 2. The number of aliphatic hydroxyl groups is 2. The molecule has 20 heavy (non-hydrogen) atoms. The summed E-state index contributed by atoms with van der Waals surface area (Å²) in [6, 6.07) is 0. The van der Waals surface area contributed by atoms with E-state index >= 15 is 0 Å². The molecular weight excluding hydrogens is 379 g/mol. The van der Waals surface area contributed by atoms with E-state index in [4.69, 9.17) is 14.6 Å². The summed E-state index contributed by atoms with van der Waals surface area (Å²) in [5, 5.41) is 18.9. The topological polar surface area (TPSA) is 93.1 Å². The number of alkyl halides is 1. The van der Waals surface area contributed by atoms with Gasteiger partial charge in [0, 0.05) is 6.61 Å². The van der Waals surface area contributed by atoms with E-state index < -0.39 is 39.6 Å². The van der Waals surface area contributed by atoms with E-state index in [1.165, 1.54) is 0 Å². The van der Waals surface area contributed by atoms with Gasteiger partial charge in [-0.3, -0.25) is 9.59 Å². The molecule has 2 N–H and O–H groups in total. The Morgan fingerprint density at radius 1 is 1.60 bits per heavy atom. The van der Waals surface area contributed by atoms with Gasteiger partial charge in [-0.05, 0) is 26.7 Å². The van der Waals surface area contributed by atoms with E-state index in [1.807, 2.05) is 29.5 Å². The Hall–Kier alpha value is -0.410. The Morgan fingerprint density at radius 3 is 2.60 bits per heavy atom. The highest BCUT2D eigenvalue weighted by molar-refractivity contribution is 14.1. The van der Waals surface area contributed by atoms with Crippen LogP contribution in [-0.4, -0.2) is 50.5 Å². The Bertz CT molecular complexity index is 374. The Kier molecular flexibility index (Phi) is 6.21. The number of esters is 2. The molecule has 1 aliphatic rings. The highest BCUT2D eigenvalue weighted by Crippen LogP contribution is 2.31. The van der Waals surface area contributed by atoms with Gasteiger partial charge in [0.1, 0.15) is 15.6 Å². The fourth-order valence-corrected chi connectivity index (χ4v) is 2.42. The molecule has 0 saturated carbocycles. The zero-order chi connectivity index (χ0) is 15.5. The van der Waals surface area contributed by atoms with Gasteiger partial charge < -0.3 is 19.7 Å². The molecule has 5 atom stereocenters. The average Bonchev–Trinajstić information content (AvgIpc) is 2.66. The van der Waals surface area contributed by atoms with Crippen LogP contribution in [0.25, 0.3) is 0 Å². The lowest BCUT2D eigenvalue weighted by molar-refractivity contribution is -0.164. The Labute approximate surface area is 132 Å². The molecule has 116 valence electrons. The Morgan fingerprint density at radius 2 is 2.20 bits per heavy atom. The molecule has 0 bridgehead atoms. The van der Waals surface area contributed by atoms with Crippen LogP contribution < -0.4 is 0 Å². The SMILES string of the molecule is CCC(I)(CCO)C(=O)OC(C)C1OC(=O)C(C)C1O. The minimum absolute atomic E-state index is 0.113. The quantitative estimate of drug-likeness (QED) is 0.390. The van der Waals surface area contributed by atoms with E-state index in [0.29, 0.717) is 12.8 Å². The molecule has 0 aromatic carbocycles. The number of halogens is 1. The lowest BCUT2D eigenvalue weighted by Gasteiger charge is -2.28. The first-order valence-corrected chi connectivity index (χ1v) is 7.74. The normalized spacial score (nSPS) is 30.5. The summed E-state index contributed by atoms with van der Waals surface area (Å²) in [6.45, 7) is 4.88. The van der Waals surface area contributed by atoms with Crippen LogP contribution in [0.4, 0.5) is 0 Å². The second kappa shape index (κ2) is 7.04. The van der Waals surface area contributed by atoms with Crippen molar-refractivity contribution in [2.45, 2.75) is 55.3 Å². The van der Waals surface area contributed by atoms with Gasteiger partial charge in [0.05, 0.1) is 5.92 Å². The molecule has 0 aromatic rings. The van der Waals surface area contributed by atoms with Crippen LogP contribution in [0, 0.1) is 5.92 Å². The number of carbonyl (C=O) groups is 2. The zero-order valence-corrected chi connectivity index (χ0v) is 14.0. The first-order chi connectivity index (χ1) is 9.26. The summed E-state index contributed by atoms with van der Waals surface area (Å²) in [6.07, 6.45) is -1.74. The van der Waals surface area contributed by atoms with Crippen LogP contribution in [0.15, 0.2) is 0 Å². The molecule has 1 aliphatic heterocycles. The predicted octanol–water partition coefficient (Wildman–Crippen LogP) is 0.807. The molecular formula is C13H21IO6. The first kappa shape index (κ1) is 17.6. The van der Waals surface area contributed by atoms with Crippen LogP contribution >= 0.6 is 22.6 Å². The number of carbonyl (C=O) groups excluding carboxylic acids is 2. The van der Waals surface area contributed by atoms with Crippen molar-refractivity contribution in [3.05, 3.63) is 0 Å². The van der Waals surface area contributed by atoms with Gasteiger partial charge in [0.25, 0.3) is 0 Å². The van der Waals surface area contributed by atoms with E-state index in [9.17, 15) is 14.7 Å². The molecule has 1 heterocycles. The third-order valence-electron chi connectivity index (χ3n) is 3.66. The van der Waals surface area contributed by atoms with Crippen molar-refractivity contribution in [3.63, 3.8) is 0 Å². The number of hydrogen-bond donors (Lipinski definition) is 2. The van der Waals surface area contributed by atoms with Gasteiger partial charge in [-0.1, -0.05) is 29.5 Å². The van der Waals surface area contributed by atoms with Gasteiger partial charge in [0.2, 0.25) is 0 Å². The molecule has 0 radical (unpaired) electrons. The first-order valence-electron chi connectivity index (χ1n) is 6.66. The second-order valence-corrected chi connectivity index (χ2v) is 7.15. The summed E-state index contributed by atoms with van der Waals surface area (Å²) in [5.41, 5.74) is 0. The number of aliphatic hydroxyl groups excluding tert-OH is 2. The summed E-state index contributed by atoms with van der Waals surface area (Å²) < 4.78 is 9.55. The highest BCUT2D eigenvalue weighted by Gasteiger charge is 2.46. The average molecular weight is 400 g/mol. The molecule has 0 aliphatic carbocycles. The molecule has 1 rings (SSSR count). The van der Waals surface area contributed by atoms with Gasteiger partial charge >= 0.3 is 11.9 Å². The van der Waals surface area contributed by atoms with Crippen LogP contribution in [0.2, 0.25) is 0 Å². The van der Waals surface area contributed by atoms with E-state index in [2.05, 4.69) is 0 Å². The maximum Gasteiger partial charge on any atom is 0.322 e. The van der Waals surface area contributed by atoms with Crippen molar-refractivity contribution in [1.29, 1.82) is 0 Å². The minimum atomic E-state index is -0.978. The Balaban J connectivity index is 2.68. The third kappa shape index (κ3) is 3.62. The van der Waals surface area contributed by atoms with Crippen molar-refractivity contribution in [2.75, 3.05) is 6.61 Å². The third-order valence-corrected chi connectivity index (χ3v) is 5.41. The molecule has 7 heteroatoms.